The van der Waals surface area contributed by atoms with Gasteiger partial charge in [0.05, 0.1) is 11.4 Å². The summed E-state index contributed by atoms with van der Waals surface area (Å²) in [6.07, 6.45) is 3.47. The molecule has 0 unspecified atom stereocenters. The summed E-state index contributed by atoms with van der Waals surface area (Å²) in [7, 11) is 0. The Balaban J connectivity index is 1.88. The molecule has 3 nitrogen and oxygen atoms in total. The van der Waals surface area contributed by atoms with E-state index in [1.807, 2.05) is 18.2 Å². The van der Waals surface area contributed by atoms with Gasteiger partial charge in [-0.15, -0.1) is 0 Å². The van der Waals surface area contributed by atoms with Crippen LogP contribution in [0.4, 0.5) is 15.8 Å². The fourth-order valence-corrected chi connectivity index (χ4v) is 2.62. The number of rotatable bonds is 3. The number of anilines is 2. The van der Waals surface area contributed by atoms with Gasteiger partial charge in [-0.05, 0) is 30.3 Å². The number of nitrogens with two attached hydrogens (primary N) is 1. The fraction of sp³-hybridized carbons (Fsp3) is 0.0625. The SMILES string of the molecule is Nc1c(NCc2cc(Br)ccc2F)ccc2cnccc12. The number of aromatic nitrogens is 1. The highest BCUT2D eigenvalue weighted by molar-refractivity contribution is 9.10. The van der Waals surface area contributed by atoms with Gasteiger partial charge < -0.3 is 11.1 Å². The van der Waals surface area contributed by atoms with E-state index in [-0.39, 0.29) is 5.82 Å². The summed E-state index contributed by atoms with van der Waals surface area (Å²) >= 11 is 3.34. The fourth-order valence-electron chi connectivity index (χ4n) is 2.22. The molecule has 0 spiro atoms. The van der Waals surface area contributed by atoms with E-state index in [1.54, 1.807) is 24.5 Å². The Kier molecular flexibility index (Phi) is 3.75. The number of hydrogen-bond acceptors (Lipinski definition) is 3. The molecular weight excluding hydrogens is 333 g/mol. The quantitative estimate of drug-likeness (QED) is 0.694. The highest BCUT2D eigenvalue weighted by Gasteiger charge is 2.06. The molecule has 0 aliphatic rings. The topological polar surface area (TPSA) is 50.9 Å². The molecule has 2 aromatic carbocycles. The minimum atomic E-state index is -0.241. The third-order valence-electron chi connectivity index (χ3n) is 3.34. The maximum absolute atomic E-state index is 13.7. The third kappa shape index (κ3) is 2.83. The molecule has 21 heavy (non-hydrogen) atoms. The molecule has 3 rings (SSSR count). The van der Waals surface area contributed by atoms with E-state index in [2.05, 4.69) is 26.2 Å². The van der Waals surface area contributed by atoms with Crippen molar-refractivity contribution in [2.24, 2.45) is 0 Å². The predicted molar refractivity (Wildman–Crippen MR) is 87.6 cm³/mol. The van der Waals surface area contributed by atoms with Crippen LogP contribution in [0.5, 0.6) is 0 Å². The molecule has 0 bridgehead atoms. The zero-order chi connectivity index (χ0) is 14.8. The van der Waals surface area contributed by atoms with Crippen LogP contribution in [0, 0.1) is 5.82 Å². The Bertz CT molecular complexity index is 805. The number of hydrogen-bond donors (Lipinski definition) is 2. The van der Waals surface area contributed by atoms with E-state index in [9.17, 15) is 4.39 Å². The number of halogens is 2. The second kappa shape index (κ2) is 5.69. The highest BCUT2D eigenvalue weighted by atomic mass is 79.9. The van der Waals surface area contributed by atoms with E-state index in [4.69, 9.17) is 5.73 Å². The molecule has 0 amide bonds. The number of benzene rings is 2. The average molecular weight is 346 g/mol. The van der Waals surface area contributed by atoms with Crippen LogP contribution in [0.15, 0.2) is 53.3 Å². The molecule has 0 saturated heterocycles. The molecule has 3 aromatic rings. The number of nitrogens with one attached hydrogen (secondary N) is 1. The van der Waals surface area contributed by atoms with Gasteiger partial charge in [0, 0.05) is 39.7 Å². The van der Waals surface area contributed by atoms with Crippen molar-refractivity contribution < 1.29 is 4.39 Å². The van der Waals surface area contributed by atoms with E-state index in [0.717, 1.165) is 20.9 Å². The summed E-state index contributed by atoms with van der Waals surface area (Å²) in [4.78, 5) is 4.07. The van der Waals surface area contributed by atoms with Gasteiger partial charge >= 0.3 is 0 Å². The van der Waals surface area contributed by atoms with Crippen molar-refractivity contribution in [3.63, 3.8) is 0 Å². The molecule has 0 aliphatic carbocycles. The first kappa shape index (κ1) is 13.8. The maximum atomic E-state index is 13.7. The van der Waals surface area contributed by atoms with Crippen molar-refractivity contribution >= 4 is 38.1 Å². The number of fused-ring (bicyclic) bond motifs is 1. The average Bonchev–Trinajstić information content (AvgIpc) is 2.50. The molecular formula is C16H13BrFN3. The molecule has 0 radical (unpaired) electrons. The summed E-state index contributed by atoms with van der Waals surface area (Å²) in [5, 5.41) is 5.10. The molecule has 0 atom stereocenters. The van der Waals surface area contributed by atoms with Crippen LogP contribution in [0.2, 0.25) is 0 Å². The summed E-state index contributed by atoms with van der Waals surface area (Å²) < 4.78 is 14.6. The normalized spacial score (nSPS) is 10.8. The van der Waals surface area contributed by atoms with Gasteiger partial charge in [-0.1, -0.05) is 22.0 Å². The van der Waals surface area contributed by atoms with Gasteiger partial charge in [0.1, 0.15) is 5.82 Å². The lowest BCUT2D eigenvalue weighted by Gasteiger charge is -2.12. The molecule has 106 valence electrons. The zero-order valence-electron chi connectivity index (χ0n) is 11.1. The number of pyridine rings is 1. The molecule has 0 fully saturated rings. The van der Waals surface area contributed by atoms with Gasteiger partial charge in [0.25, 0.3) is 0 Å². The first-order chi connectivity index (χ1) is 10.1. The minimum absolute atomic E-state index is 0.241. The summed E-state index contributed by atoms with van der Waals surface area (Å²) in [5.74, 6) is -0.241. The lowest BCUT2D eigenvalue weighted by atomic mass is 10.1. The van der Waals surface area contributed by atoms with Gasteiger partial charge in [0.2, 0.25) is 0 Å². The van der Waals surface area contributed by atoms with Crippen molar-refractivity contribution in [2.75, 3.05) is 11.1 Å². The van der Waals surface area contributed by atoms with Crippen molar-refractivity contribution in [1.82, 2.24) is 4.98 Å². The standard InChI is InChI=1S/C16H13BrFN3/c17-12-2-3-14(18)11(7-12)9-21-15-4-1-10-8-20-6-5-13(10)16(15)19/h1-8,21H,9,19H2. The van der Waals surface area contributed by atoms with Crippen LogP contribution in [0.25, 0.3) is 10.8 Å². The molecule has 3 N–H and O–H groups in total. The van der Waals surface area contributed by atoms with Crippen LogP contribution in [0.1, 0.15) is 5.56 Å². The van der Waals surface area contributed by atoms with Crippen molar-refractivity contribution in [1.29, 1.82) is 0 Å². The van der Waals surface area contributed by atoms with E-state index in [0.29, 0.717) is 17.8 Å². The van der Waals surface area contributed by atoms with Crippen LogP contribution in [-0.2, 0) is 6.54 Å². The van der Waals surface area contributed by atoms with Crippen LogP contribution in [0.3, 0.4) is 0 Å². The smallest absolute Gasteiger partial charge is 0.128 e. The maximum Gasteiger partial charge on any atom is 0.128 e. The molecule has 5 heteroatoms. The van der Waals surface area contributed by atoms with E-state index < -0.39 is 0 Å². The lowest BCUT2D eigenvalue weighted by molar-refractivity contribution is 0.612. The van der Waals surface area contributed by atoms with Gasteiger partial charge in [-0.3, -0.25) is 4.98 Å². The summed E-state index contributed by atoms with van der Waals surface area (Å²) in [6, 6.07) is 10.6. The largest absolute Gasteiger partial charge is 0.397 e. The molecule has 0 saturated carbocycles. The molecule has 0 aliphatic heterocycles. The van der Waals surface area contributed by atoms with Gasteiger partial charge in [0.15, 0.2) is 0 Å². The minimum Gasteiger partial charge on any atom is -0.397 e. The van der Waals surface area contributed by atoms with Crippen LogP contribution >= 0.6 is 15.9 Å². The van der Waals surface area contributed by atoms with Gasteiger partial charge in [-0.25, -0.2) is 4.39 Å². The first-order valence-electron chi connectivity index (χ1n) is 6.45. The monoisotopic (exact) mass is 345 g/mol. The third-order valence-corrected chi connectivity index (χ3v) is 3.83. The zero-order valence-corrected chi connectivity index (χ0v) is 12.7. The van der Waals surface area contributed by atoms with Crippen molar-refractivity contribution in [2.45, 2.75) is 6.54 Å². The second-order valence-electron chi connectivity index (χ2n) is 4.71. The van der Waals surface area contributed by atoms with E-state index >= 15 is 0 Å². The number of nitrogen functional groups attached to an aromatic ring is 1. The van der Waals surface area contributed by atoms with Gasteiger partial charge in [-0.2, -0.15) is 0 Å². The van der Waals surface area contributed by atoms with Crippen molar-refractivity contribution in [3.8, 4) is 0 Å². The number of nitrogens with zero attached hydrogens (tertiary/aromatic N) is 1. The Morgan fingerprint density at radius 2 is 2.05 bits per heavy atom. The molecule has 1 aromatic heterocycles. The van der Waals surface area contributed by atoms with Crippen molar-refractivity contribution in [3.05, 3.63) is 64.6 Å². The Morgan fingerprint density at radius 3 is 2.90 bits per heavy atom. The first-order valence-corrected chi connectivity index (χ1v) is 7.24. The summed E-state index contributed by atoms with van der Waals surface area (Å²) in [5.41, 5.74) is 8.17. The van der Waals surface area contributed by atoms with E-state index in [1.165, 1.54) is 6.07 Å². The summed E-state index contributed by atoms with van der Waals surface area (Å²) in [6.45, 7) is 0.367. The Morgan fingerprint density at radius 1 is 1.19 bits per heavy atom. The Hall–Kier alpha value is -2.14. The second-order valence-corrected chi connectivity index (χ2v) is 5.63. The lowest BCUT2D eigenvalue weighted by Crippen LogP contribution is -2.04. The molecule has 1 heterocycles. The Labute approximate surface area is 130 Å². The van der Waals surface area contributed by atoms with Crippen LogP contribution in [-0.4, -0.2) is 4.98 Å². The highest BCUT2D eigenvalue weighted by Crippen LogP contribution is 2.28. The van der Waals surface area contributed by atoms with Crippen LogP contribution < -0.4 is 11.1 Å². The predicted octanol–water partition coefficient (Wildman–Crippen LogP) is 4.33.